The van der Waals surface area contributed by atoms with Gasteiger partial charge in [-0.3, -0.25) is 0 Å². The zero-order valence-electron chi connectivity index (χ0n) is 13.1. The Morgan fingerprint density at radius 1 is 0.778 bits per heavy atom. The molecule has 0 spiro atoms. The molecule has 2 rings (SSSR count). The van der Waals surface area contributed by atoms with Crippen LogP contribution in [0.25, 0.3) is 5.01 Å². The van der Waals surface area contributed by atoms with Gasteiger partial charge in [0.1, 0.15) is 5.75 Å². The zero-order chi connectivity index (χ0) is 20.3. The van der Waals surface area contributed by atoms with Gasteiger partial charge in [-0.05, 0) is 40.4 Å². The third-order valence-electron chi connectivity index (χ3n) is 3.74. The van der Waals surface area contributed by atoms with Crippen LogP contribution in [-0.2, 0) is 5.41 Å². The van der Waals surface area contributed by atoms with Gasteiger partial charge in [-0.15, -0.1) is 5.26 Å². The molecule has 27 heavy (non-hydrogen) atoms. The molecule has 0 N–H and O–H groups in total. The second kappa shape index (κ2) is 7.08. The van der Waals surface area contributed by atoms with Crippen LogP contribution in [0.15, 0.2) is 48.5 Å². The summed E-state index contributed by atoms with van der Waals surface area (Å²) < 4.78 is 87.5. The van der Waals surface area contributed by atoms with E-state index >= 15 is 0 Å². The highest BCUT2D eigenvalue weighted by molar-refractivity contribution is 5.47. The van der Waals surface area contributed by atoms with E-state index in [1.807, 2.05) is 0 Å². The van der Waals surface area contributed by atoms with Crippen LogP contribution in [-0.4, -0.2) is 12.4 Å². The average Bonchev–Trinajstić information content (AvgIpc) is 2.56. The predicted octanol–water partition coefficient (Wildman–Crippen LogP) is 5.17. The molecule has 140 valence electrons. The standard InChI is InChI=1S/C17H8F6N2O2/c1-25-27-14-8-4-12(5-9-14)15(16(18,19)20,17(21,22)23)11-2-6-13(7-3-11)26-10-24/h2-9H. The largest absolute Gasteiger partial charge is 0.411 e. The highest BCUT2D eigenvalue weighted by atomic mass is 19.4. The van der Waals surface area contributed by atoms with Crippen molar-refractivity contribution in [2.45, 2.75) is 17.8 Å². The number of alkyl halides is 6. The second-order valence-electron chi connectivity index (χ2n) is 5.17. The van der Waals surface area contributed by atoms with Gasteiger partial charge in [0, 0.05) is 0 Å². The summed E-state index contributed by atoms with van der Waals surface area (Å²) in [6, 6.07) is 5.73. The first kappa shape index (κ1) is 19.9. The summed E-state index contributed by atoms with van der Waals surface area (Å²) in [4.78, 5) is 4.38. The van der Waals surface area contributed by atoms with Gasteiger partial charge in [-0.1, -0.05) is 24.3 Å². The quantitative estimate of drug-likeness (QED) is 0.315. The summed E-state index contributed by atoms with van der Waals surface area (Å²) in [7, 11) is 0. The molecule has 0 fully saturated rings. The molecule has 10 heteroatoms. The zero-order valence-corrected chi connectivity index (χ0v) is 13.1. The van der Waals surface area contributed by atoms with E-state index in [4.69, 9.17) is 11.8 Å². The molecule has 4 nitrogen and oxygen atoms in total. The first-order valence-electron chi connectivity index (χ1n) is 7.02. The van der Waals surface area contributed by atoms with Crippen molar-refractivity contribution >= 4 is 0 Å². The maximum Gasteiger partial charge on any atom is 0.411 e. The average molecular weight is 386 g/mol. The maximum absolute atomic E-state index is 13.9. The number of nitriles is 1. The number of hydrogen-bond acceptors (Lipinski definition) is 3. The fraction of sp³-hybridized carbons (Fsp3) is 0.176. The minimum absolute atomic E-state index is 0.204. The molecule has 0 unspecified atom stereocenters. The van der Waals surface area contributed by atoms with E-state index in [0.717, 1.165) is 24.3 Å². The van der Waals surface area contributed by atoms with Crippen LogP contribution >= 0.6 is 0 Å². The summed E-state index contributed by atoms with van der Waals surface area (Å²) in [5.41, 5.74) is -6.54. The molecule has 2 aromatic carbocycles. The van der Waals surface area contributed by atoms with Crippen LogP contribution in [0.5, 0.6) is 11.5 Å². The maximum atomic E-state index is 13.9. The Balaban J connectivity index is 2.75. The third-order valence-corrected chi connectivity index (χ3v) is 3.74. The third kappa shape index (κ3) is 3.47. The lowest BCUT2D eigenvalue weighted by Crippen LogP contribution is -2.54. The number of nitrogens with zero attached hydrogens (tertiary/aromatic N) is 2. The van der Waals surface area contributed by atoms with E-state index in [0.29, 0.717) is 24.3 Å². The van der Waals surface area contributed by atoms with E-state index in [-0.39, 0.29) is 11.5 Å². The van der Waals surface area contributed by atoms with Gasteiger partial charge in [0.25, 0.3) is 6.26 Å². The molecule has 0 saturated heterocycles. The fourth-order valence-electron chi connectivity index (χ4n) is 2.63. The molecule has 0 atom stereocenters. The van der Waals surface area contributed by atoms with Crippen molar-refractivity contribution in [2.24, 2.45) is 0 Å². The lowest BCUT2D eigenvalue weighted by atomic mass is 9.73. The minimum Gasteiger partial charge on any atom is -0.388 e. The van der Waals surface area contributed by atoms with E-state index in [1.54, 1.807) is 0 Å². The van der Waals surface area contributed by atoms with Gasteiger partial charge < -0.3 is 4.74 Å². The van der Waals surface area contributed by atoms with Crippen LogP contribution in [0.2, 0.25) is 0 Å². The summed E-state index contributed by atoms with van der Waals surface area (Å²) in [5.74, 6) is -0.412. The molecule has 0 heterocycles. The van der Waals surface area contributed by atoms with E-state index in [9.17, 15) is 26.3 Å². The van der Waals surface area contributed by atoms with Crippen LogP contribution in [0.3, 0.4) is 0 Å². The van der Waals surface area contributed by atoms with E-state index in [2.05, 4.69) is 14.6 Å². The minimum atomic E-state index is -5.75. The first-order chi connectivity index (χ1) is 12.6. The topological polar surface area (TPSA) is 46.6 Å². The number of hydrogen-bond donors (Lipinski definition) is 0. The van der Waals surface area contributed by atoms with Crippen LogP contribution < -0.4 is 9.57 Å². The molecular weight excluding hydrogens is 378 g/mol. The molecule has 0 aliphatic rings. The first-order valence-corrected chi connectivity index (χ1v) is 7.02. The molecular formula is C17H8F6N2O2. The van der Waals surface area contributed by atoms with Crippen molar-refractivity contribution < 1.29 is 35.9 Å². The molecule has 0 radical (unpaired) electrons. The predicted molar refractivity (Wildman–Crippen MR) is 79.2 cm³/mol. The van der Waals surface area contributed by atoms with Crippen LogP contribution in [0.1, 0.15) is 11.1 Å². The molecule has 2 aromatic rings. The highest BCUT2D eigenvalue weighted by Gasteiger charge is 2.72. The molecule has 0 saturated carbocycles. The number of benzene rings is 2. The molecule has 0 aliphatic heterocycles. The van der Waals surface area contributed by atoms with Crippen LogP contribution in [0.4, 0.5) is 26.3 Å². The number of ether oxygens (including phenoxy) is 1. The smallest absolute Gasteiger partial charge is 0.388 e. The van der Waals surface area contributed by atoms with Crippen molar-refractivity contribution in [3.05, 3.63) is 71.2 Å². The Kier molecular flexibility index (Phi) is 5.22. The summed E-state index contributed by atoms with van der Waals surface area (Å²) in [6.45, 7) is 6.51. The summed E-state index contributed by atoms with van der Waals surface area (Å²) in [6.07, 6.45) is -10.2. The van der Waals surface area contributed by atoms with Crippen molar-refractivity contribution in [3.63, 3.8) is 0 Å². The summed E-state index contributed by atoms with van der Waals surface area (Å²) in [5, 5.41) is 10.9. The number of halogens is 6. The lowest BCUT2D eigenvalue weighted by molar-refractivity contribution is -0.288. The van der Waals surface area contributed by atoms with Crippen molar-refractivity contribution in [1.29, 1.82) is 5.26 Å². The molecule has 0 bridgehead atoms. The van der Waals surface area contributed by atoms with Crippen molar-refractivity contribution in [1.82, 2.24) is 0 Å². The van der Waals surface area contributed by atoms with Gasteiger partial charge in [-0.25, -0.2) is 0 Å². The Morgan fingerprint density at radius 3 is 1.52 bits per heavy atom. The van der Waals surface area contributed by atoms with Gasteiger partial charge in [0.05, 0.1) is 0 Å². The normalized spacial score (nSPS) is 12.0. The van der Waals surface area contributed by atoms with Gasteiger partial charge in [-0.2, -0.15) is 37.8 Å². The van der Waals surface area contributed by atoms with Gasteiger partial charge in [0.15, 0.2) is 0 Å². The highest BCUT2D eigenvalue weighted by Crippen LogP contribution is 2.56. The Hall–Kier alpha value is -3.40. The second-order valence-corrected chi connectivity index (χ2v) is 5.17. The fourth-order valence-corrected chi connectivity index (χ4v) is 2.63. The number of rotatable bonds is 4. The van der Waals surface area contributed by atoms with Gasteiger partial charge in [0.2, 0.25) is 11.2 Å². The monoisotopic (exact) mass is 386 g/mol. The van der Waals surface area contributed by atoms with E-state index in [1.165, 1.54) is 6.26 Å². The van der Waals surface area contributed by atoms with E-state index < -0.39 is 28.9 Å². The van der Waals surface area contributed by atoms with Crippen molar-refractivity contribution in [2.75, 3.05) is 0 Å². The molecule has 0 aliphatic carbocycles. The van der Waals surface area contributed by atoms with Crippen molar-refractivity contribution in [3.8, 4) is 17.8 Å². The summed E-state index contributed by atoms with van der Waals surface area (Å²) >= 11 is 0. The molecule has 0 amide bonds. The van der Waals surface area contributed by atoms with Crippen LogP contribution in [0, 0.1) is 18.1 Å². The lowest BCUT2D eigenvalue weighted by Gasteiger charge is -2.38. The Morgan fingerprint density at radius 2 is 1.19 bits per heavy atom. The SMILES string of the molecule is [C-]#[N+]Oc1ccc(C(c2ccc(OC#N)cc2)(C(F)(F)F)C(F)(F)F)cc1. The Labute approximate surface area is 148 Å². The molecule has 0 aromatic heterocycles. The Bertz CT molecular complexity index is 799. The van der Waals surface area contributed by atoms with Gasteiger partial charge >= 0.3 is 12.4 Å².